The topological polar surface area (TPSA) is 43.4 Å². The number of fused-ring (bicyclic) bond motifs is 5. The van der Waals surface area contributed by atoms with Gasteiger partial charge in [0, 0.05) is 28.4 Å². The molecule has 0 amide bonds. The molecule has 140 valence electrons. The standard InChI is InChI=1S/C22H27ClO3/c1-13(25)26-20-7-6-17-16-5-4-15-10-19(23)14(12-24)11-22(15,3)18(16)8-9-21(17,20)2/h4-5,10,12,16-18,20H,6-9,11H2,1-3H3. The van der Waals surface area contributed by atoms with E-state index < -0.39 is 0 Å². The molecule has 3 nitrogen and oxygen atoms in total. The maximum Gasteiger partial charge on any atom is 0.302 e. The summed E-state index contributed by atoms with van der Waals surface area (Å²) in [6, 6.07) is 0. The van der Waals surface area contributed by atoms with Crippen molar-refractivity contribution in [2.45, 2.75) is 59.0 Å². The SMILES string of the molecule is CC(=O)OC1CCC2C3C=CC4=CC(Cl)=C(C=O)CC4(C)C3CCC12C. The molecule has 0 aromatic rings. The minimum absolute atomic E-state index is 0.0328. The van der Waals surface area contributed by atoms with Crippen molar-refractivity contribution in [2.24, 2.45) is 28.6 Å². The minimum atomic E-state index is -0.168. The second-order valence-corrected chi connectivity index (χ2v) is 9.46. The zero-order chi connectivity index (χ0) is 18.7. The van der Waals surface area contributed by atoms with Crippen molar-refractivity contribution in [3.8, 4) is 0 Å². The Kier molecular flexibility index (Phi) is 4.22. The van der Waals surface area contributed by atoms with Gasteiger partial charge in [0.05, 0.1) is 0 Å². The summed E-state index contributed by atoms with van der Waals surface area (Å²) >= 11 is 6.31. The number of hydrogen-bond donors (Lipinski definition) is 0. The molecule has 0 N–H and O–H groups in total. The van der Waals surface area contributed by atoms with Crippen LogP contribution in [0.15, 0.2) is 34.4 Å². The van der Waals surface area contributed by atoms with Gasteiger partial charge in [0.1, 0.15) is 12.4 Å². The van der Waals surface area contributed by atoms with E-state index in [0.717, 1.165) is 44.0 Å². The number of esters is 1. The predicted octanol–water partition coefficient (Wildman–Crippen LogP) is 4.96. The molecular weight excluding hydrogens is 348 g/mol. The van der Waals surface area contributed by atoms with E-state index in [0.29, 0.717) is 22.8 Å². The molecule has 0 aromatic carbocycles. The van der Waals surface area contributed by atoms with Gasteiger partial charge in [-0.3, -0.25) is 9.59 Å². The molecule has 0 aliphatic heterocycles. The van der Waals surface area contributed by atoms with E-state index in [4.69, 9.17) is 16.3 Å². The smallest absolute Gasteiger partial charge is 0.302 e. The molecule has 4 heteroatoms. The summed E-state index contributed by atoms with van der Waals surface area (Å²) in [5.74, 6) is 1.34. The lowest BCUT2D eigenvalue weighted by Gasteiger charge is -2.55. The zero-order valence-corrected chi connectivity index (χ0v) is 16.5. The maximum absolute atomic E-state index is 11.5. The molecule has 0 spiro atoms. The molecule has 2 saturated carbocycles. The summed E-state index contributed by atoms with van der Waals surface area (Å²) in [7, 11) is 0. The van der Waals surface area contributed by atoms with Crippen molar-refractivity contribution in [3.05, 3.63) is 34.4 Å². The van der Waals surface area contributed by atoms with Gasteiger partial charge in [0.15, 0.2) is 0 Å². The predicted molar refractivity (Wildman–Crippen MR) is 101 cm³/mol. The van der Waals surface area contributed by atoms with Crippen LogP contribution in [0.1, 0.15) is 52.9 Å². The molecule has 2 fully saturated rings. The highest BCUT2D eigenvalue weighted by Crippen LogP contribution is 2.64. The Balaban J connectivity index is 1.68. The molecule has 4 rings (SSSR count). The van der Waals surface area contributed by atoms with Crippen LogP contribution in [0.4, 0.5) is 0 Å². The number of halogens is 1. The average molecular weight is 375 g/mol. The quantitative estimate of drug-likeness (QED) is 0.507. The molecule has 6 atom stereocenters. The minimum Gasteiger partial charge on any atom is -0.462 e. The first-order valence-electron chi connectivity index (χ1n) is 9.71. The fourth-order valence-corrected chi connectivity index (χ4v) is 6.65. The Morgan fingerprint density at radius 3 is 2.73 bits per heavy atom. The van der Waals surface area contributed by atoms with Crippen LogP contribution in [0.2, 0.25) is 0 Å². The molecular formula is C22H27ClO3. The van der Waals surface area contributed by atoms with E-state index in [1.807, 2.05) is 6.08 Å². The van der Waals surface area contributed by atoms with Crippen molar-refractivity contribution in [3.63, 3.8) is 0 Å². The van der Waals surface area contributed by atoms with Crippen LogP contribution in [0.5, 0.6) is 0 Å². The van der Waals surface area contributed by atoms with Gasteiger partial charge in [-0.2, -0.15) is 0 Å². The van der Waals surface area contributed by atoms with Crippen LogP contribution in [-0.2, 0) is 14.3 Å². The van der Waals surface area contributed by atoms with E-state index in [1.54, 1.807) is 0 Å². The number of aldehydes is 1. The molecule has 4 aliphatic carbocycles. The van der Waals surface area contributed by atoms with Crippen LogP contribution >= 0.6 is 11.6 Å². The van der Waals surface area contributed by atoms with Crippen molar-refractivity contribution >= 4 is 23.9 Å². The average Bonchev–Trinajstić information content (AvgIpc) is 2.91. The van der Waals surface area contributed by atoms with Gasteiger partial charge in [-0.05, 0) is 61.5 Å². The highest BCUT2D eigenvalue weighted by molar-refractivity contribution is 6.33. The monoisotopic (exact) mass is 374 g/mol. The van der Waals surface area contributed by atoms with Crippen LogP contribution in [0.3, 0.4) is 0 Å². The van der Waals surface area contributed by atoms with Gasteiger partial charge in [0.2, 0.25) is 0 Å². The molecule has 0 aromatic heterocycles. The molecule has 26 heavy (non-hydrogen) atoms. The highest BCUT2D eigenvalue weighted by atomic mass is 35.5. The van der Waals surface area contributed by atoms with Crippen LogP contribution in [0.25, 0.3) is 0 Å². The number of ether oxygens (including phenoxy) is 1. The van der Waals surface area contributed by atoms with E-state index >= 15 is 0 Å². The third kappa shape index (κ3) is 2.46. The van der Waals surface area contributed by atoms with Crippen molar-refractivity contribution in [1.82, 2.24) is 0 Å². The van der Waals surface area contributed by atoms with E-state index in [-0.39, 0.29) is 22.9 Å². The van der Waals surface area contributed by atoms with E-state index in [1.165, 1.54) is 12.5 Å². The second kappa shape index (κ2) is 6.09. The summed E-state index contributed by atoms with van der Waals surface area (Å²) in [5.41, 5.74) is 2.01. The van der Waals surface area contributed by atoms with Crippen molar-refractivity contribution < 1.29 is 14.3 Å². The third-order valence-corrected chi connectivity index (χ3v) is 8.17. The van der Waals surface area contributed by atoms with E-state index in [9.17, 15) is 9.59 Å². The maximum atomic E-state index is 11.5. The number of allylic oxidation sites excluding steroid dienone is 6. The number of rotatable bonds is 2. The lowest BCUT2D eigenvalue weighted by molar-refractivity contribution is -0.155. The summed E-state index contributed by atoms with van der Waals surface area (Å²) in [6.45, 7) is 6.12. The van der Waals surface area contributed by atoms with Gasteiger partial charge < -0.3 is 4.74 Å². The van der Waals surface area contributed by atoms with Crippen LogP contribution in [0, 0.1) is 28.6 Å². The fraction of sp³-hybridized carbons (Fsp3) is 0.636. The zero-order valence-electron chi connectivity index (χ0n) is 15.8. The van der Waals surface area contributed by atoms with Gasteiger partial charge in [-0.15, -0.1) is 0 Å². The lowest BCUT2D eigenvalue weighted by Crippen LogP contribution is -2.50. The Labute approximate surface area is 160 Å². The van der Waals surface area contributed by atoms with Crippen LogP contribution in [-0.4, -0.2) is 18.4 Å². The van der Waals surface area contributed by atoms with E-state index in [2.05, 4.69) is 26.0 Å². The lowest BCUT2D eigenvalue weighted by atomic mass is 9.49. The number of hydrogen-bond acceptors (Lipinski definition) is 3. The molecule has 0 saturated heterocycles. The van der Waals surface area contributed by atoms with Gasteiger partial charge in [-0.1, -0.05) is 37.6 Å². The third-order valence-electron chi connectivity index (χ3n) is 7.82. The largest absolute Gasteiger partial charge is 0.462 e. The summed E-state index contributed by atoms with van der Waals surface area (Å²) in [4.78, 5) is 23.0. The molecule has 0 radical (unpaired) electrons. The van der Waals surface area contributed by atoms with Gasteiger partial charge >= 0.3 is 5.97 Å². The molecule has 0 heterocycles. The molecule has 0 bridgehead atoms. The number of carbonyl (C=O) groups excluding carboxylic acids is 2. The highest BCUT2D eigenvalue weighted by Gasteiger charge is 2.59. The Morgan fingerprint density at radius 1 is 1.27 bits per heavy atom. The van der Waals surface area contributed by atoms with Gasteiger partial charge in [-0.25, -0.2) is 0 Å². The molecule has 6 unspecified atom stereocenters. The van der Waals surface area contributed by atoms with Crippen molar-refractivity contribution in [1.29, 1.82) is 0 Å². The van der Waals surface area contributed by atoms with Gasteiger partial charge in [0.25, 0.3) is 0 Å². The molecule has 4 aliphatic rings. The van der Waals surface area contributed by atoms with Crippen molar-refractivity contribution in [2.75, 3.05) is 0 Å². The Hall–Kier alpha value is -1.35. The number of carbonyl (C=O) groups is 2. The first-order chi connectivity index (χ1) is 12.3. The summed E-state index contributed by atoms with van der Waals surface area (Å²) in [6.07, 6.45) is 12.5. The first-order valence-corrected chi connectivity index (χ1v) is 10.1. The fourth-order valence-electron chi connectivity index (χ4n) is 6.43. The first kappa shape index (κ1) is 18.0. The Morgan fingerprint density at radius 2 is 2.04 bits per heavy atom. The second-order valence-electron chi connectivity index (χ2n) is 9.05. The Bertz CT molecular complexity index is 748. The van der Waals surface area contributed by atoms with Crippen LogP contribution < -0.4 is 0 Å². The summed E-state index contributed by atoms with van der Waals surface area (Å²) < 4.78 is 5.70. The normalized spacial score (nSPS) is 43.9. The summed E-state index contributed by atoms with van der Waals surface area (Å²) in [5, 5.41) is 0.590.